The molecule has 142 valence electrons. The number of carboxylic acids is 1. The lowest BCUT2D eigenvalue weighted by molar-refractivity contribution is -0.143. The number of nitrogens with zero attached hydrogens (tertiary/aromatic N) is 1. The van der Waals surface area contributed by atoms with Crippen molar-refractivity contribution in [2.75, 3.05) is 13.1 Å². The summed E-state index contributed by atoms with van der Waals surface area (Å²) in [5.41, 5.74) is 1.37. The summed E-state index contributed by atoms with van der Waals surface area (Å²) in [5, 5.41) is 12.6. The second-order valence-corrected chi connectivity index (χ2v) is 6.99. The Morgan fingerprint density at radius 2 is 1.89 bits per heavy atom. The van der Waals surface area contributed by atoms with Gasteiger partial charge in [0.1, 0.15) is 5.82 Å². The highest BCUT2D eigenvalue weighted by Crippen LogP contribution is 2.29. The third-order valence-corrected chi connectivity index (χ3v) is 5.09. The van der Waals surface area contributed by atoms with E-state index in [1.807, 2.05) is 6.07 Å². The summed E-state index contributed by atoms with van der Waals surface area (Å²) in [6.07, 6.45) is 1.20. The molecule has 27 heavy (non-hydrogen) atoms. The predicted octanol–water partition coefficient (Wildman–Crippen LogP) is 4.07. The first-order chi connectivity index (χ1) is 13.0. The molecule has 3 rings (SSSR count). The van der Waals surface area contributed by atoms with Crippen LogP contribution in [0.4, 0.5) is 9.18 Å². The van der Waals surface area contributed by atoms with Gasteiger partial charge in [0.05, 0.1) is 12.0 Å². The molecule has 1 fully saturated rings. The summed E-state index contributed by atoms with van der Waals surface area (Å²) in [6, 6.07) is 12.0. The Bertz CT molecular complexity index is 828. The number of carbonyl (C=O) groups excluding carboxylic acids is 1. The molecule has 0 aliphatic carbocycles. The Hall–Kier alpha value is -2.60. The summed E-state index contributed by atoms with van der Waals surface area (Å²) in [6.45, 7) is 0.661. The number of amides is 2. The molecule has 5 nitrogen and oxygen atoms in total. The number of halogens is 2. The van der Waals surface area contributed by atoms with E-state index in [1.165, 1.54) is 17.0 Å². The van der Waals surface area contributed by atoms with Gasteiger partial charge in [-0.05, 0) is 42.2 Å². The lowest BCUT2D eigenvalue weighted by Gasteiger charge is -2.32. The maximum atomic E-state index is 13.3. The zero-order valence-corrected chi connectivity index (χ0v) is 15.3. The Kier molecular flexibility index (Phi) is 5.96. The lowest BCUT2D eigenvalue weighted by atomic mass is 9.97. The first-order valence-corrected chi connectivity index (χ1v) is 9.11. The third kappa shape index (κ3) is 4.57. The number of piperidine rings is 1. The molecule has 2 atom stereocenters. The van der Waals surface area contributed by atoms with E-state index >= 15 is 0 Å². The molecule has 0 aromatic heterocycles. The third-order valence-electron chi connectivity index (χ3n) is 4.75. The van der Waals surface area contributed by atoms with Crippen LogP contribution < -0.4 is 5.32 Å². The van der Waals surface area contributed by atoms with Crippen LogP contribution in [-0.2, 0) is 4.79 Å². The number of likely N-dealkylation sites (tertiary alicyclic amines) is 1. The van der Waals surface area contributed by atoms with Crippen molar-refractivity contribution < 1.29 is 19.1 Å². The number of carbonyl (C=O) groups is 2. The minimum Gasteiger partial charge on any atom is -0.481 e. The van der Waals surface area contributed by atoms with Crippen molar-refractivity contribution >= 4 is 23.6 Å². The second kappa shape index (κ2) is 8.39. The van der Waals surface area contributed by atoms with Gasteiger partial charge in [-0.2, -0.15) is 0 Å². The molecule has 0 radical (unpaired) electrons. The van der Waals surface area contributed by atoms with Crippen LogP contribution in [0.25, 0.3) is 0 Å². The highest BCUT2D eigenvalue weighted by molar-refractivity contribution is 6.31. The highest BCUT2D eigenvalue weighted by Gasteiger charge is 2.30. The van der Waals surface area contributed by atoms with Gasteiger partial charge >= 0.3 is 12.0 Å². The Morgan fingerprint density at radius 1 is 1.19 bits per heavy atom. The van der Waals surface area contributed by atoms with Crippen LogP contribution in [-0.4, -0.2) is 35.1 Å². The predicted molar refractivity (Wildman–Crippen MR) is 100 cm³/mol. The number of hydrogen-bond acceptors (Lipinski definition) is 2. The Morgan fingerprint density at radius 3 is 2.56 bits per heavy atom. The van der Waals surface area contributed by atoms with E-state index in [2.05, 4.69) is 5.32 Å². The fourth-order valence-electron chi connectivity index (χ4n) is 3.28. The van der Waals surface area contributed by atoms with Gasteiger partial charge in [0.25, 0.3) is 0 Å². The first-order valence-electron chi connectivity index (χ1n) is 8.74. The molecule has 2 unspecified atom stereocenters. The number of aliphatic carboxylic acids is 1. The Balaban J connectivity index is 1.85. The van der Waals surface area contributed by atoms with Gasteiger partial charge < -0.3 is 15.3 Å². The number of rotatable bonds is 4. The lowest BCUT2D eigenvalue weighted by Crippen LogP contribution is -2.48. The van der Waals surface area contributed by atoms with Crippen LogP contribution in [0.1, 0.15) is 30.0 Å². The molecular weight excluding hydrogens is 371 g/mol. The van der Waals surface area contributed by atoms with Crippen molar-refractivity contribution in [1.29, 1.82) is 0 Å². The number of nitrogens with one attached hydrogen (secondary N) is 1. The van der Waals surface area contributed by atoms with Gasteiger partial charge in [0.15, 0.2) is 0 Å². The van der Waals surface area contributed by atoms with Gasteiger partial charge in [0, 0.05) is 18.1 Å². The van der Waals surface area contributed by atoms with E-state index in [1.54, 1.807) is 30.3 Å². The number of urea groups is 1. The standard InChI is InChI=1S/C20H20ClFN2O3/c21-17-6-2-1-5-16(17)18(13-7-9-15(22)10-8-13)23-20(27)24-11-3-4-14(12-24)19(25)26/h1-2,5-10,14,18H,3-4,11-12H2,(H,23,27)(H,25,26). The molecule has 1 heterocycles. The largest absolute Gasteiger partial charge is 0.481 e. The highest BCUT2D eigenvalue weighted by atomic mass is 35.5. The van der Waals surface area contributed by atoms with E-state index in [9.17, 15) is 19.1 Å². The molecule has 1 aliphatic rings. The van der Waals surface area contributed by atoms with E-state index < -0.39 is 17.9 Å². The minimum atomic E-state index is -0.895. The van der Waals surface area contributed by atoms with Gasteiger partial charge in [0.2, 0.25) is 0 Å². The monoisotopic (exact) mass is 390 g/mol. The second-order valence-electron chi connectivity index (χ2n) is 6.58. The normalized spacial score (nSPS) is 18.0. The van der Waals surface area contributed by atoms with E-state index in [0.717, 1.165) is 0 Å². The van der Waals surface area contributed by atoms with Gasteiger partial charge in [-0.3, -0.25) is 4.79 Å². The van der Waals surface area contributed by atoms with Crippen molar-refractivity contribution in [2.45, 2.75) is 18.9 Å². The summed E-state index contributed by atoms with van der Waals surface area (Å²) >= 11 is 6.32. The SMILES string of the molecule is O=C(O)C1CCCN(C(=O)NC(c2ccc(F)cc2)c2ccccc2Cl)C1. The molecule has 2 aromatic rings. The van der Waals surface area contributed by atoms with Gasteiger partial charge in [-0.15, -0.1) is 0 Å². The van der Waals surface area contributed by atoms with Crippen LogP contribution in [0, 0.1) is 11.7 Å². The molecule has 7 heteroatoms. The summed E-state index contributed by atoms with van der Waals surface area (Å²) in [4.78, 5) is 25.6. The van der Waals surface area contributed by atoms with Gasteiger partial charge in [-0.25, -0.2) is 9.18 Å². The Labute approximate surface area is 161 Å². The quantitative estimate of drug-likeness (QED) is 0.826. The summed E-state index contributed by atoms with van der Waals surface area (Å²) in [5.74, 6) is -1.83. The maximum Gasteiger partial charge on any atom is 0.318 e. The molecule has 0 saturated carbocycles. The molecule has 2 aromatic carbocycles. The van der Waals surface area contributed by atoms with E-state index in [0.29, 0.717) is 35.5 Å². The average molecular weight is 391 g/mol. The van der Waals surface area contributed by atoms with Gasteiger partial charge in [-0.1, -0.05) is 41.9 Å². The topological polar surface area (TPSA) is 69.6 Å². The van der Waals surface area contributed by atoms with E-state index in [-0.39, 0.29) is 18.4 Å². The van der Waals surface area contributed by atoms with Crippen LogP contribution in [0.15, 0.2) is 48.5 Å². The van der Waals surface area contributed by atoms with Crippen molar-refractivity contribution in [3.63, 3.8) is 0 Å². The molecule has 0 bridgehead atoms. The van der Waals surface area contributed by atoms with Crippen molar-refractivity contribution in [3.05, 3.63) is 70.5 Å². The molecular formula is C20H20ClFN2O3. The number of carboxylic acid groups (broad SMARTS) is 1. The summed E-state index contributed by atoms with van der Waals surface area (Å²) < 4.78 is 13.3. The fraction of sp³-hybridized carbons (Fsp3) is 0.300. The molecule has 2 N–H and O–H groups in total. The maximum absolute atomic E-state index is 13.3. The van der Waals surface area contributed by atoms with Crippen molar-refractivity contribution in [2.24, 2.45) is 5.92 Å². The zero-order valence-electron chi connectivity index (χ0n) is 14.6. The number of benzene rings is 2. The van der Waals surface area contributed by atoms with Crippen LogP contribution in [0.5, 0.6) is 0 Å². The molecule has 1 aliphatic heterocycles. The van der Waals surface area contributed by atoms with Crippen LogP contribution in [0.2, 0.25) is 5.02 Å². The smallest absolute Gasteiger partial charge is 0.318 e. The fourth-order valence-corrected chi connectivity index (χ4v) is 3.53. The first kappa shape index (κ1) is 19.2. The molecule has 0 spiro atoms. The van der Waals surface area contributed by atoms with E-state index in [4.69, 9.17) is 11.6 Å². The van der Waals surface area contributed by atoms with Crippen molar-refractivity contribution in [1.82, 2.24) is 10.2 Å². The van der Waals surface area contributed by atoms with Crippen LogP contribution >= 0.6 is 11.6 Å². The molecule has 2 amide bonds. The zero-order chi connectivity index (χ0) is 19.4. The summed E-state index contributed by atoms with van der Waals surface area (Å²) in [7, 11) is 0. The van der Waals surface area contributed by atoms with Crippen LogP contribution in [0.3, 0.4) is 0 Å². The average Bonchev–Trinajstić information content (AvgIpc) is 2.67. The number of hydrogen-bond donors (Lipinski definition) is 2. The minimum absolute atomic E-state index is 0.166. The van der Waals surface area contributed by atoms with Crippen molar-refractivity contribution in [3.8, 4) is 0 Å². The molecule has 1 saturated heterocycles.